The average Bonchev–Trinajstić information content (AvgIpc) is 3.25. The number of likely N-dealkylation sites (N-methyl/N-ethyl adjacent to an activating group) is 1. The number of ether oxygens (including phenoxy) is 1. The fourth-order valence-corrected chi connectivity index (χ4v) is 4.83. The predicted molar refractivity (Wildman–Crippen MR) is 96.4 cm³/mol. The predicted octanol–water partition coefficient (Wildman–Crippen LogP) is 1.89. The van der Waals surface area contributed by atoms with Crippen molar-refractivity contribution >= 4 is 17.2 Å². The Kier molecular flexibility index (Phi) is 4.39. The number of carbonyl (C=O) groups is 1. The number of hydrogen-bond donors (Lipinski definition) is 1. The number of aromatic nitrogens is 2. The molecule has 2 aliphatic rings. The number of nitrogens with one attached hydrogen (secondary N) is 1. The number of carbonyl (C=O) groups excluding carboxylic acids is 1. The van der Waals surface area contributed by atoms with Crippen molar-refractivity contribution in [3.8, 4) is 0 Å². The number of aryl methyl sites for hydroxylation is 1. The van der Waals surface area contributed by atoms with Crippen molar-refractivity contribution in [2.45, 2.75) is 44.6 Å². The number of likely N-dealkylation sites (tertiary alicyclic amines) is 1. The minimum absolute atomic E-state index is 0.0600. The summed E-state index contributed by atoms with van der Waals surface area (Å²) in [5.74, 6) is 0.912. The van der Waals surface area contributed by atoms with Crippen LogP contribution in [0.1, 0.15) is 28.4 Å². The SMILES string of the molecule is CNC(=O)[C@@H]1Cn2ccnc2C2(CCN(Cc3ccc(C)s3)CC2)O1. The van der Waals surface area contributed by atoms with E-state index in [1.807, 2.05) is 23.7 Å². The molecule has 0 bridgehead atoms. The van der Waals surface area contributed by atoms with Crippen molar-refractivity contribution in [3.63, 3.8) is 0 Å². The topological polar surface area (TPSA) is 59.4 Å². The normalized spacial score (nSPS) is 22.7. The van der Waals surface area contributed by atoms with Gasteiger partial charge in [-0.3, -0.25) is 9.69 Å². The van der Waals surface area contributed by atoms with E-state index >= 15 is 0 Å². The zero-order valence-corrected chi connectivity index (χ0v) is 15.5. The number of thiophene rings is 1. The molecule has 0 unspecified atom stereocenters. The molecular formula is C18H24N4O2S. The molecule has 1 spiro atoms. The third-order valence-corrected chi connectivity index (χ3v) is 6.22. The van der Waals surface area contributed by atoms with Gasteiger partial charge in [0.2, 0.25) is 0 Å². The van der Waals surface area contributed by atoms with Gasteiger partial charge in [0.05, 0.1) is 6.54 Å². The summed E-state index contributed by atoms with van der Waals surface area (Å²) in [5, 5.41) is 2.72. The van der Waals surface area contributed by atoms with E-state index in [-0.39, 0.29) is 5.91 Å². The molecule has 1 N–H and O–H groups in total. The number of piperidine rings is 1. The van der Waals surface area contributed by atoms with Gasteiger partial charge in [-0.25, -0.2) is 4.98 Å². The Morgan fingerprint density at radius 2 is 2.24 bits per heavy atom. The first kappa shape index (κ1) is 16.8. The summed E-state index contributed by atoms with van der Waals surface area (Å²) >= 11 is 1.86. The first-order valence-electron chi connectivity index (χ1n) is 8.78. The van der Waals surface area contributed by atoms with Gasteiger partial charge in [-0.2, -0.15) is 0 Å². The van der Waals surface area contributed by atoms with Crippen LogP contribution in [0.15, 0.2) is 24.5 Å². The highest BCUT2D eigenvalue weighted by molar-refractivity contribution is 7.11. The standard InChI is InChI=1S/C18H24N4O2S/c1-13-3-4-14(25-13)11-21-8-5-18(6-9-21)17-20-7-10-22(17)12-15(24-18)16(23)19-2/h3-4,7,10,15H,5-6,8-9,11-12H2,1-2H3,(H,19,23)/t15-/m0/s1. The smallest absolute Gasteiger partial charge is 0.250 e. The van der Waals surface area contributed by atoms with Crippen LogP contribution in [0.4, 0.5) is 0 Å². The van der Waals surface area contributed by atoms with Crippen molar-refractivity contribution in [1.82, 2.24) is 19.8 Å². The number of amides is 1. The summed E-state index contributed by atoms with van der Waals surface area (Å²) in [7, 11) is 1.66. The second-order valence-corrected chi connectivity index (χ2v) is 8.28. The lowest BCUT2D eigenvalue weighted by atomic mass is 9.88. The third kappa shape index (κ3) is 3.12. The fraction of sp³-hybridized carbons (Fsp3) is 0.556. The highest BCUT2D eigenvalue weighted by Gasteiger charge is 2.46. The zero-order chi connectivity index (χ0) is 17.4. The molecule has 7 heteroatoms. The molecule has 0 aromatic carbocycles. The highest BCUT2D eigenvalue weighted by Crippen LogP contribution is 2.40. The maximum Gasteiger partial charge on any atom is 0.250 e. The van der Waals surface area contributed by atoms with Crippen molar-refractivity contribution in [1.29, 1.82) is 0 Å². The van der Waals surface area contributed by atoms with Crippen LogP contribution in [0.3, 0.4) is 0 Å². The maximum absolute atomic E-state index is 12.2. The Balaban J connectivity index is 1.50. The van der Waals surface area contributed by atoms with E-state index in [9.17, 15) is 4.79 Å². The number of hydrogen-bond acceptors (Lipinski definition) is 5. The van der Waals surface area contributed by atoms with Crippen molar-refractivity contribution in [2.24, 2.45) is 0 Å². The van der Waals surface area contributed by atoms with Crippen LogP contribution in [0.25, 0.3) is 0 Å². The zero-order valence-electron chi connectivity index (χ0n) is 14.7. The lowest BCUT2D eigenvalue weighted by Crippen LogP contribution is -2.53. The lowest BCUT2D eigenvalue weighted by molar-refractivity contribution is -0.173. The maximum atomic E-state index is 12.2. The Morgan fingerprint density at radius 1 is 1.44 bits per heavy atom. The van der Waals surface area contributed by atoms with E-state index in [1.54, 1.807) is 7.05 Å². The fourth-order valence-electron chi connectivity index (χ4n) is 3.90. The van der Waals surface area contributed by atoms with Crippen molar-refractivity contribution < 1.29 is 9.53 Å². The van der Waals surface area contributed by atoms with E-state index in [2.05, 4.69) is 38.8 Å². The molecule has 0 radical (unpaired) electrons. The minimum Gasteiger partial charge on any atom is -0.357 e. The molecule has 6 nitrogen and oxygen atoms in total. The van der Waals surface area contributed by atoms with Crippen LogP contribution in [0, 0.1) is 6.92 Å². The second-order valence-electron chi connectivity index (χ2n) is 6.91. The Bertz CT molecular complexity index is 761. The summed E-state index contributed by atoms with van der Waals surface area (Å²) in [5.41, 5.74) is -0.444. The van der Waals surface area contributed by atoms with Gasteiger partial charge in [-0.05, 0) is 31.9 Å². The summed E-state index contributed by atoms with van der Waals surface area (Å²) in [4.78, 5) is 21.9. The summed E-state index contributed by atoms with van der Waals surface area (Å²) in [6, 6.07) is 4.40. The van der Waals surface area contributed by atoms with Gasteiger partial charge < -0.3 is 14.6 Å². The van der Waals surface area contributed by atoms with Gasteiger partial charge in [-0.1, -0.05) is 0 Å². The molecule has 2 aliphatic heterocycles. The molecule has 1 saturated heterocycles. The van der Waals surface area contributed by atoms with E-state index in [1.165, 1.54) is 9.75 Å². The molecule has 1 fully saturated rings. The Labute approximate surface area is 151 Å². The van der Waals surface area contributed by atoms with Gasteiger partial charge in [0, 0.05) is 48.8 Å². The molecule has 4 heterocycles. The van der Waals surface area contributed by atoms with E-state index in [0.29, 0.717) is 6.54 Å². The molecule has 2 aromatic rings. The number of imidazole rings is 1. The van der Waals surface area contributed by atoms with Gasteiger partial charge in [0.1, 0.15) is 11.4 Å². The van der Waals surface area contributed by atoms with Crippen LogP contribution >= 0.6 is 11.3 Å². The largest absolute Gasteiger partial charge is 0.357 e. The third-order valence-electron chi connectivity index (χ3n) is 5.23. The molecule has 1 amide bonds. The number of nitrogens with zero attached hydrogens (tertiary/aromatic N) is 3. The average molecular weight is 360 g/mol. The molecule has 1 atom stereocenters. The molecule has 4 rings (SSSR count). The molecular weight excluding hydrogens is 336 g/mol. The summed E-state index contributed by atoms with van der Waals surface area (Å²) in [6.45, 7) is 5.57. The minimum atomic E-state index is -0.446. The van der Waals surface area contributed by atoms with Crippen LogP contribution in [0.5, 0.6) is 0 Å². The van der Waals surface area contributed by atoms with Crippen molar-refractivity contribution in [3.05, 3.63) is 40.1 Å². The van der Waals surface area contributed by atoms with E-state index < -0.39 is 11.7 Å². The molecule has 134 valence electrons. The number of fused-ring (bicyclic) bond motifs is 2. The summed E-state index contributed by atoms with van der Waals surface area (Å²) in [6.07, 6.45) is 5.05. The second kappa shape index (κ2) is 6.55. The van der Waals surface area contributed by atoms with Crippen molar-refractivity contribution in [2.75, 3.05) is 20.1 Å². The molecule has 2 aromatic heterocycles. The first-order chi connectivity index (χ1) is 12.1. The van der Waals surface area contributed by atoms with Gasteiger partial charge in [-0.15, -0.1) is 11.3 Å². The summed E-state index contributed by atoms with van der Waals surface area (Å²) < 4.78 is 8.42. The van der Waals surface area contributed by atoms with Gasteiger partial charge >= 0.3 is 0 Å². The van der Waals surface area contributed by atoms with Crippen LogP contribution in [-0.2, 0) is 28.2 Å². The lowest BCUT2D eigenvalue weighted by Gasteiger charge is -2.45. The quantitative estimate of drug-likeness (QED) is 0.908. The van der Waals surface area contributed by atoms with E-state index in [0.717, 1.165) is 38.3 Å². The highest BCUT2D eigenvalue weighted by atomic mass is 32.1. The molecule has 0 saturated carbocycles. The van der Waals surface area contributed by atoms with Gasteiger partial charge in [0.15, 0.2) is 6.10 Å². The Morgan fingerprint density at radius 3 is 2.92 bits per heavy atom. The number of rotatable bonds is 3. The Hall–Kier alpha value is -1.70. The van der Waals surface area contributed by atoms with Crippen LogP contribution < -0.4 is 5.32 Å². The van der Waals surface area contributed by atoms with Crippen LogP contribution in [0.2, 0.25) is 0 Å². The van der Waals surface area contributed by atoms with Gasteiger partial charge in [0.25, 0.3) is 5.91 Å². The van der Waals surface area contributed by atoms with Crippen LogP contribution in [-0.4, -0.2) is 46.6 Å². The first-order valence-corrected chi connectivity index (χ1v) is 9.60. The molecule has 0 aliphatic carbocycles. The monoisotopic (exact) mass is 360 g/mol. The molecule has 25 heavy (non-hydrogen) atoms. The van der Waals surface area contributed by atoms with E-state index in [4.69, 9.17) is 4.74 Å².